The van der Waals surface area contributed by atoms with Crippen LogP contribution < -0.4 is 0 Å². The number of fused-ring (bicyclic) bond motifs is 7. The van der Waals surface area contributed by atoms with Crippen LogP contribution in [0.4, 0.5) is 0 Å². The van der Waals surface area contributed by atoms with Gasteiger partial charge in [-0.2, -0.15) is 0 Å². The van der Waals surface area contributed by atoms with Crippen molar-refractivity contribution < 1.29 is 4.42 Å². The Morgan fingerprint density at radius 1 is 0.618 bits per heavy atom. The lowest BCUT2D eigenvalue weighted by molar-refractivity contribution is 0.314. The number of benzene rings is 3. The Morgan fingerprint density at radius 2 is 1.42 bits per heavy atom. The molecule has 0 saturated heterocycles. The molecule has 7 aliphatic rings. The fourth-order valence-electron chi connectivity index (χ4n) is 10.9. The van der Waals surface area contributed by atoms with Gasteiger partial charge in [-0.15, -0.1) is 0 Å². The molecule has 11 rings (SSSR count). The van der Waals surface area contributed by atoms with Gasteiger partial charge in [-0.1, -0.05) is 182 Å². The zero-order chi connectivity index (χ0) is 36.3. The molecule has 1 aromatic heterocycles. The van der Waals surface area contributed by atoms with E-state index in [9.17, 15) is 0 Å². The summed E-state index contributed by atoms with van der Waals surface area (Å²) >= 11 is 0. The van der Waals surface area contributed by atoms with Crippen LogP contribution in [0.25, 0.3) is 22.1 Å². The minimum Gasteiger partial charge on any atom is -0.460 e. The third-order valence-corrected chi connectivity index (χ3v) is 13.6. The van der Waals surface area contributed by atoms with Crippen LogP contribution >= 0.6 is 0 Å². The van der Waals surface area contributed by atoms with Gasteiger partial charge >= 0.3 is 0 Å². The lowest BCUT2D eigenvalue weighted by Crippen LogP contribution is -2.28. The Labute approximate surface area is 325 Å². The van der Waals surface area contributed by atoms with Gasteiger partial charge in [0.05, 0.1) is 0 Å². The van der Waals surface area contributed by atoms with E-state index in [0.717, 1.165) is 31.3 Å². The second-order valence-corrected chi connectivity index (χ2v) is 16.5. The molecule has 0 spiro atoms. The van der Waals surface area contributed by atoms with Crippen LogP contribution in [-0.2, 0) is 6.42 Å². The molecular formula is C54H46O. The molecule has 4 aromatic rings. The van der Waals surface area contributed by atoms with Gasteiger partial charge in [0, 0.05) is 46.5 Å². The van der Waals surface area contributed by atoms with Gasteiger partial charge in [-0.25, -0.2) is 0 Å². The number of hydrogen-bond donors (Lipinski definition) is 0. The minimum absolute atomic E-state index is 0.261. The van der Waals surface area contributed by atoms with E-state index >= 15 is 0 Å². The Morgan fingerprint density at radius 3 is 2.29 bits per heavy atom. The molecule has 268 valence electrons. The first-order valence-corrected chi connectivity index (χ1v) is 20.5. The lowest BCUT2D eigenvalue weighted by Gasteiger charge is -2.38. The normalized spacial score (nSPS) is 30.0. The van der Waals surface area contributed by atoms with Gasteiger partial charge in [-0.3, -0.25) is 0 Å². The molecule has 0 amide bonds. The molecule has 0 N–H and O–H groups in total. The first kappa shape index (κ1) is 32.7. The number of rotatable bonds is 5. The number of hydrogen-bond acceptors (Lipinski definition) is 1. The molecular weight excluding hydrogens is 665 g/mol. The van der Waals surface area contributed by atoms with Crippen molar-refractivity contribution in [1.29, 1.82) is 0 Å². The first-order chi connectivity index (χ1) is 27.3. The van der Waals surface area contributed by atoms with Gasteiger partial charge in [0.1, 0.15) is 11.3 Å². The summed E-state index contributed by atoms with van der Waals surface area (Å²) in [5, 5.41) is 1.34. The van der Waals surface area contributed by atoms with Crippen LogP contribution in [0, 0.1) is 35.5 Å². The van der Waals surface area contributed by atoms with Crippen molar-refractivity contribution in [3.63, 3.8) is 0 Å². The molecule has 0 fully saturated rings. The molecule has 0 saturated carbocycles. The van der Waals surface area contributed by atoms with Gasteiger partial charge < -0.3 is 4.42 Å². The van der Waals surface area contributed by atoms with Gasteiger partial charge in [0.15, 0.2) is 0 Å². The molecule has 8 atom stereocenters. The van der Waals surface area contributed by atoms with Crippen LogP contribution in [0.1, 0.15) is 59.1 Å². The van der Waals surface area contributed by atoms with Gasteiger partial charge in [0.25, 0.3) is 0 Å². The second kappa shape index (κ2) is 13.6. The molecule has 7 aliphatic carbocycles. The van der Waals surface area contributed by atoms with E-state index in [1.807, 2.05) is 0 Å². The van der Waals surface area contributed by atoms with Crippen molar-refractivity contribution in [3.05, 3.63) is 227 Å². The van der Waals surface area contributed by atoms with E-state index in [2.05, 4.69) is 182 Å². The molecule has 0 radical (unpaired) electrons. The van der Waals surface area contributed by atoms with E-state index in [-0.39, 0.29) is 11.8 Å². The highest BCUT2D eigenvalue weighted by Gasteiger charge is 2.42. The number of allylic oxidation sites excluding steroid dienone is 22. The largest absolute Gasteiger partial charge is 0.460 e. The summed E-state index contributed by atoms with van der Waals surface area (Å²) in [6, 6.07) is 29.1. The smallest absolute Gasteiger partial charge is 0.135 e. The second-order valence-electron chi connectivity index (χ2n) is 16.5. The van der Waals surface area contributed by atoms with Crippen LogP contribution in [0.15, 0.2) is 203 Å². The zero-order valence-corrected chi connectivity index (χ0v) is 31.2. The average Bonchev–Trinajstić information content (AvgIpc) is 3.65. The zero-order valence-electron chi connectivity index (χ0n) is 31.2. The lowest BCUT2D eigenvalue weighted by atomic mass is 9.65. The third-order valence-electron chi connectivity index (χ3n) is 13.6. The van der Waals surface area contributed by atoms with E-state index in [0.29, 0.717) is 35.5 Å². The van der Waals surface area contributed by atoms with Crippen LogP contribution in [0.5, 0.6) is 0 Å². The highest BCUT2D eigenvalue weighted by molar-refractivity contribution is 5.96. The van der Waals surface area contributed by atoms with Crippen molar-refractivity contribution in [2.45, 2.75) is 37.5 Å². The SMILES string of the molecule is C1=CC2C=CC(C3=CC(C4=CC=C(c5cccc6oc7c(c56)CC(c5ccccc5)C5C=CCCC75)C5C=CC=CC45)CC(c4ccccc4)=C3)=CC2C=C1. The summed E-state index contributed by atoms with van der Waals surface area (Å²) in [5.74, 6) is 4.29. The molecule has 1 nitrogen and oxygen atoms in total. The highest BCUT2D eigenvalue weighted by atomic mass is 16.3. The van der Waals surface area contributed by atoms with Gasteiger partial charge in [0.2, 0.25) is 0 Å². The Kier molecular flexibility index (Phi) is 8.08. The fourth-order valence-corrected chi connectivity index (χ4v) is 10.9. The summed E-state index contributed by atoms with van der Waals surface area (Å²) in [6.45, 7) is 0. The topological polar surface area (TPSA) is 13.1 Å². The molecule has 3 aromatic carbocycles. The summed E-state index contributed by atoms with van der Waals surface area (Å²) in [7, 11) is 0. The van der Waals surface area contributed by atoms with Crippen LogP contribution in [-0.4, -0.2) is 0 Å². The quantitative estimate of drug-likeness (QED) is 0.188. The monoisotopic (exact) mass is 710 g/mol. The Balaban J connectivity index is 1.01. The Hall–Kier alpha value is -5.66. The molecule has 1 heterocycles. The molecule has 55 heavy (non-hydrogen) atoms. The van der Waals surface area contributed by atoms with Crippen molar-refractivity contribution in [3.8, 4) is 0 Å². The molecule has 0 bridgehead atoms. The summed E-state index contributed by atoms with van der Waals surface area (Å²) in [5.41, 5.74) is 13.6. The Bertz CT molecular complexity index is 2510. The number of furan rings is 1. The third kappa shape index (κ3) is 5.67. The molecule has 0 aliphatic heterocycles. The van der Waals surface area contributed by atoms with Crippen molar-refractivity contribution in [1.82, 2.24) is 0 Å². The van der Waals surface area contributed by atoms with Gasteiger partial charge in [-0.05, 0) is 82.6 Å². The molecule has 1 heteroatoms. The summed E-state index contributed by atoms with van der Waals surface area (Å²) in [4.78, 5) is 0. The molecule has 8 unspecified atom stereocenters. The highest BCUT2D eigenvalue weighted by Crippen LogP contribution is 2.54. The van der Waals surface area contributed by atoms with Crippen LogP contribution in [0.2, 0.25) is 0 Å². The van der Waals surface area contributed by atoms with Crippen molar-refractivity contribution >= 4 is 22.1 Å². The van der Waals surface area contributed by atoms with Crippen LogP contribution in [0.3, 0.4) is 0 Å². The maximum atomic E-state index is 6.94. The van der Waals surface area contributed by atoms with E-state index in [4.69, 9.17) is 4.42 Å². The standard InChI is InChI=1S/C54H46O/c1-3-14-35(15-4-1)40-31-41(39-27-26-36-16-7-8-19-38(36)30-39)33-42(32-40)43-28-29-47(45-21-10-9-20-44(43)45)48-24-13-25-52-53(48)51-34-50(37-17-5-2-6-18-37)46-22-11-12-23-49(46)54(51)55-52/h1-11,13-22,24-31,33,36,38,42,44-46,49-50H,12,23,32,34H2. The van der Waals surface area contributed by atoms with Crippen molar-refractivity contribution in [2.24, 2.45) is 35.5 Å². The average molecular weight is 711 g/mol. The van der Waals surface area contributed by atoms with Crippen molar-refractivity contribution in [2.75, 3.05) is 0 Å². The maximum Gasteiger partial charge on any atom is 0.135 e. The summed E-state index contributed by atoms with van der Waals surface area (Å²) < 4.78 is 6.94. The predicted molar refractivity (Wildman–Crippen MR) is 228 cm³/mol. The minimum atomic E-state index is 0.261. The summed E-state index contributed by atoms with van der Waals surface area (Å²) in [6.07, 6.45) is 44.9. The van der Waals surface area contributed by atoms with E-state index in [1.165, 1.54) is 61.3 Å². The predicted octanol–water partition coefficient (Wildman–Crippen LogP) is 13.4. The van der Waals surface area contributed by atoms with E-state index in [1.54, 1.807) is 0 Å². The maximum absolute atomic E-state index is 6.94. The fraction of sp³-hybridized carbons (Fsp3) is 0.222. The van der Waals surface area contributed by atoms with E-state index < -0.39 is 0 Å². The first-order valence-electron chi connectivity index (χ1n) is 20.5.